The van der Waals surface area contributed by atoms with Gasteiger partial charge in [0, 0.05) is 24.2 Å². The van der Waals surface area contributed by atoms with Gasteiger partial charge < -0.3 is 9.80 Å². The molecule has 1 aliphatic rings. The number of hydrogen-bond donors (Lipinski definition) is 0. The van der Waals surface area contributed by atoms with Crippen LogP contribution in [0.2, 0.25) is 0 Å². The maximum absolute atomic E-state index is 14.4. The topological polar surface area (TPSA) is 35.9 Å². The zero-order valence-corrected chi connectivity index (χ0v) is 15.3. The van der Waals surface area contributed by atoms with E-state index >= 15 is 0 Å². The Bertz CT molecular complexity index is 814. The summed E-state index contributed by atoms with van der Waals surface area (Å²) in [4.78, 5) is 21.3. The van der Waals surface area contributed by atoms with E-state index in [9.17, 15) is 9.18 Å². The zero-order valence-electron chi connectivity index (χ0n) is 15.3. The van der Waals surface area contributed by atoms with Crippen molar-refractivity contribution < 1.29 is 9.18 Å². The van der Waals surface area contributed by atoms with Gasteiger partial charge in [-0.1, -0.05) is 44.2 Å². The molecule has 0 atom stereocenters. The van der Waals surface area contributed by atoms with Crippen LogP contribution in [-0.4, -0.2) is 49.2 Å². The Kier molecular flexibility index (Phi) is 5.78. The van der Waals surface area contributed by atoms with Crippen LogP contribution in [0.1, 0.15) is 25.0 Å². The molecule has 2 aromatic carbocycles. The first-order valence-electron chi connectivity index (χ1n) is 9.07. The van der Waals surface area contributed by atoms with Gasteiger partial charge in [-0.25, -0.2) is 4.39 Å². The second-order valence-electron chi connectivity index (χ2n) is 6.23. The monoisotopic (exact) mass is 353 g/mol. The molecule has 1 aliphatic heterocycles. The largest absolute Gasteiger partial charge is 0.309 e. The Morgan fingerprint density at radius 3 is 2.38 bits per heavy atom. The number of carbonyl (C=O) groups is 1. The highest BCUT2D eigenvalue weighted by Gasteiger charge is 2.25. The summed E-state index contributed by atoms with van der Waals surface area (Å²) in [6, 6.07) is 14.2. The van der Waals surface area contributed by atoms with Crippen molar-refractivity contribution >= 4 is 17.3 Å². The standard InChI is InChI=1S/C21H24FN3O/c1-3-24(4-2)13-14-25-19-12-8-6-10-17(19)21(23-15-20(25)26)16-9-5-7-11-18(16)22/h5-12H,3-4,13-15H2,1-2H3. The lowest BCUT2D eigenvalue weighted by Crippen LogP contribution is -2.39. The minimum Gasteiger partial charge on any atom is -0.309 e. The lowest BCUT2D eigenvalue weighted by molar-refractivity contribution is -0.117. The average Bonchev–Trinajstić information content (AvgIpc) is 2.80. The van der Waals surface area contributed by atoms with Gasteiger partial charge in [-0.15, -0.1) is 0 Å². The summed E-state index contributed by atoms with van der Waals surface area (Å²) in [5.41, 5.74) is 2.56. The van der Waals surface area contributed by atoms with Crippen molar-refractivity contribution in [2.45, 2.75) is 13.8 Å². The number of rotatable bonds is 6. The SMILES string of the molecule is CCN(CC)CCN1C(=O)CN=C(c2ccccc2F)c2ccccc21. The van der Waals surface area contributed by atoms with Gasteiger partial charge in [0.05, 0.1) is 11.4 Å². The Balaban J connectivity index is 2.00. The Morgan fingerprint density at radius 1 is 1.04 bits per heavy atom. The summed E-state index contributed by atoms with van der Waals surface area (Å²) >= 11 is 0. The third-order valence-electron chi connectivity index (χ3n) is 4.79. The van der Waals surface area contributed by atoms with Crippen molar-refractivity contribution in [3.8, 4) is 0 Å². The molecule has 0 saturated heterocycles. The number of aliphatic imine (C=N–C) groups is 1. The maximum Gasteiger partial charge on any atom is 0.248 e. The van der Waals surface area contributed by atoms with Crippen LogP contribution >= 0.6 is 0 Å². The number of halogens is 1. The van der Waals surface area contributed by atoms with Gasteiger partial charge >= 0.3 is 0 Å². The minimum atomic E-state index is -0.329. The molecule has 0 N–H and O–H groups in total. The summed E-state index contributed by atoms with van der Waals surface area (Å²) < 4.78 is 14.4. The molecule has 2 aromatic rings. The number of anilines is 1. The molecule has 0 fully saturated rings. The molecule has 0 bridgehead atoms. The van der Waals surface area contributed by atoms with Crippen LogP contribution in [0.15, 0.2) is 53.5 Å². The van der Waals surface area contributed by atoms with E-state index in [0.29, 0.717) is 17.8 Å². The smallest absolute Gasteiger partial charge is 0.248 e. The Hall–Kier alpha value is -2.53. The predicted octanol–water partition coefficient (Wildman–Crippen LogP) is 3.35. The molecule has 26 heavy (non-hydrogen) atoms. The Morgan fingerprint density at radius 2 is 1.69 bits per heavy atom. The summed E-state index contributed by atoms with van der Waals surface area (Å²) in [7, 11) is 0. The molecular formula is C21H24FN3O. The molecule has 0 radical (unpaired) electrons. The number of fused-ring (bicyclic) bond motifs is 1. The van der Waals surface area contributed by atoms with Gasteiger partial charge in [0.2, 0.25) is 5.91 Å². The van der Waals surface area contributed by atoms with Crippen LogP contribution < -0.4 is 4.90 Å². The molecule has 3 rings (SSSR count). The number of carbonyl (C=O) groups excluding carboxylic acids is 1. The fourth-order valence-electron chi connectivity index (χ4n) is 3.27. The number of benzodiazepines with no additional fused rings is 1. The van der Waals surface area contributed by atoms with Gasteiger partial charge in [-0.2, -0.15) is 0 Å². The van der Waals surface area contributed by atoms with Gasteiger partial charge in [0.1, 0.15) is 12.4 Å². The molecule has 0 aliphatic carbocycles. The third-order valence-corrected chi connectivity index (χ3v) is 4.79. The highest BCUT2D eigenvalue weighted by atomic mass is 19.1. The molecule has 5 heteroatoms. The zero-order chi connectivity index (χ0) is 18.5. The normalized spacial score (nSPS) is 14.2. The van der Waals surface area contributed by atoms with E-state index in [1.54, 1.807) is 23.1 Å². The maximum atomic E-state index is 14.4. The first kappa shape index (κ1) is 18.3. The van der Waals surface area contributed by atoms with Crippen molar-refractivity contribution in [1.82, 2.24) is 4.90 Å². The van der Waals surface area contributed by atoms with Crippen molar-refractivity contribution in [1.29, 1.82) is 0 Å². The quantitative estimate of drug-likeness (QED) is 0.798. The van der Waals surface area contributed by atoms with Gasteiger partial charge in [-0.3, -0.25) is 9.79 Å². The Labute approximate surface area is 154 Å². The van der Waals surface area contributed by atoms with Gasteiger partial charge in [0.15, 0.2) is 0 Å². The van der Waals surface area contributed by atoms with E-state index < -0.39 is 0 Å². The van der Waals surface area contributed by atoms with Crippen LogP contribution in [0.4, 0.5) is 10.1 Å². The lowest BCUT2D eigenvalue weighted by Gasteiger charge is -2.26. The molecule has 0 unspecified atom stereocenters. The fourth-order valence-corrected chi connectivity index (χ4v) is 3.27. The molecule has 136 valence electrons. The van der Waals surface area contributed by atoms with Crippen LogP contribution in [0.5, 0.6) is 0 Å². The number of amides is 1. The summed E-state index contributed by atoms with van der Waals surface area (Å²) in [6.07, 6.45) is 0. The van der Waals surface area contributed by atoms with Crippen LogP contribution in [0.25, 0.3) is 0 Å². The summed E-state index contributed by atoms with van der Waals surface area (Å²) in [5, 5.41) is 0. The number of benzene rings is 2. The minimum absolute atomic E-state index is 0.0244. The lowest BCUT2D eigenvalue weighted by atomic mass is 10.00. The third kappa shape index (κ3) is 3.68. The summed E-state index contributed by atoms with van der Waals surface area (Å²) in [6.45, 7) is 7.52. The van der Waals surface area contributed by atoms with Crippen LogP contribution in [0, 0.1) is 5.82 Å². The van der Waals surface area contributed by atoms with Crippen molar-refractivity contribution in [2.75, 3.05) is 37.6 Å². The second-order valence-corrected chi connectivity index (χ2v) is 6.23. The van der Waals surface area contributed by atoms with E-state index in [2.05, 4.69) is 23.7 Å². The molecule has 1 amide bonds. The summed E-state index contributed by atoms with van der Waals surface area (Å²) in [5.74, 6) is -0.388. The molecule has 4 nitrogen and oxygen atoms in total. The van der Waals surface area contributed by atoms with E-state index in [0.717, 1.165) is 30.9 Å². The number of nitrogens with zero attached hydrogens (tertiary/aromatic N) is 3. The fraction of sp³-hybridized carbons (Fsp3) is 0.333. The van der Waals surface area contributed by atoms with Crippen molar-refractivity contribution in [3.63, 3.8) is 0 Å². The van der Waals surface area contributed by atoms with Gasteiger partial charge in [0.25, 0.3) is 0 Å². The highest BCUT2D eigenvalue weighted by molar-refractivity contribution is 6.19. The second kappa shape index (κ2) is 8.23. The molecular weight excluding hydrogens is 329 g/mol. The van der Waals surface area contributed by atoms with E-state index in [1.807, 2.05) is 24.3 Å². The van der Waals surface area contributed by atoms with Gasteiger partial charge in [-0.05, 0) is 31.3 Å². The van der Waals surface area contributed by atoms with E-state index in [-0.39, 0.29) is 18.3 Å². The van der Waals surface area contributed by atoms with E-state index in [1.165, 1.54) is 6.07 Å². The van der Waals surface area contributed by atoms with E-state index in [4.69, 9.17) is 0 Å². The molecule has 0 aromatic heterocycles. The highest BCUT2D eigenvalue weighted by Crippen LogP contribution is 2.27. The van der Waals surface area contributed by atoms with Crippen LogP contribution in [-0.2, 0) is 4.79 Å². The first-order chi connectivity index (χ1) is 12.7. The number of likely N-dealkylation sites (N-methyl/N-ethyl adjacent to an activating group) is 1. The molecule has 1 heterocycles. The first-order valence-corrected chi connectivity index (χ1v) is 9.07. The van der Waals surface area contributed by atoms with Crippen molar-refractivity contribution in [2.24, 2.45) is 4.99 Å². The number of hydrogen-bond acceptors (Lipinski definition) is 3. The predicted molar refractivity (Wildman–Crippen MR) is 103 cm³/mol. The van der Waals surface area contributed by atoms with Crippen LogP contribution in [0.3, 0.4) is 0 Å². The average molecular weight is 353 g/mol. The molecule has 0 saturated carbocycles. The molecule has 0 spiro atoms. The number of para-hydroxylation sites is 1. The van der Waals surface area contributed by atoms with Crippen molar-refractivity contribution in [3.05, 3.63) is 65.5 Å².